The van der Waals surface area contributed by atoms with Crippen molar-refractivity contribution >= 4 is 29.1 Å². The molecule has 0 spiro atoms. The first-order valence-corrected chi connectivity index (χ1v) is 5.46. The van der Waals surface area contributed by atoms with Crippen molar-refractivity contribution in [2.45, 2.75) is 0 Å². The SMILES string of the molecule is N=N.O.O=Cc1nccnc1Cl.[HH].c1cnc2[nH]ncc2n1. The van der Waals surface area contributed by atoms with E-state index in [-0.39, 0.29) is 17.7 Å². The number of aldehydes is 1. The topological polar surface area (TPSA) is 177 Å². The summed E-state index contributed by atoms with van der Waals surface area (Å²) >= 11 is 5.42. The number of aromatic nitrogens is 6. The number of halogens is 1. The molecule has 0 aliphatic carbocycles. The van der Waals surface area contributed by atoms with Crippen LogP contribution in [0, 0.1) is 11.1 Å². The second-order valence-corrected chi connectivity index (χ2v) is 3.37. The molecule has 0 radical (unpaired) electrons. The van der Waals surface area contributed by atoms with E-state index in [1.807, 2.05) is 0 Å². The number of rotatable bonds is 1. The van der Waals surface area contributed by atoms with E-state index in [0.29, 0.717) is 6.29 Å². The molecule has 10 nitrogen and oxygen atoms in total. The molecule has 0 unspecified atom stereocenters. The van der Waals surface area contributed by atoms with Gasteiger partial charge in [-0.15, -0.1) is 0 Å². The Morgan fingerprint density at radius 2 is 1.71 bits per heavy atom. The summed E-state index contributed by atoms with van der Waals surface area (Å²) in [5.41, 5.74) is 11.7. The summed E-state index contributed by atoms with van der Waals surface area (Å²) in [6, 6.07) is 0. The van der Waals surface area contributed by atoms with Gasteiger partial charge in [-0.2, -0.15) is 5.10 Å². The molecule has 3 aromatic rings. The second kappa shape index (κ2) is 10.00. The lowest BCUT2D eigenvalue weighted by Crippen LogP contribution is -1.88. The van der Waals surface area contributed by atoms with Crippen molar-refractivity contribution in [3.8, 4) is 0 Å². The van der Waals surface area contributed by atoms with Gasteiger partial charge in [0.25, 0.3) is 0 Å². The van der Waals surface area contributed by atoms with Crippen molar-refractivity contribution in [3.63, 3.8) is 0 Å². The van der Waals surface area contributed by atoms with Gasteiger partial charge in [0.2, 0.25) is 0 Å². The fourth-order valence-corrected chi connectivity index (χ4v) is 1.24. The normalized spacial score (nSPS) is 8.43. The molecular formula is C10H13ClN8O2. The van der Waals surface area contributed by atoms with Crippen LogP contribution in [0.4, 0.5) is 0 Å². The molecule has 3 heterocycles. The van der Waals surface area contributed by atoms with Gasteiger partial charge in [-0.05, 0) is 0 Å². The largest absolute Gasteiger partial charge is 0.412 e. The average Bonchev–Trinajstić information content (AvgIpc) is 2.99. The van der Waals surface area contributed by atoms with Crippen LogP contribution in [0.2, 0.25) is 5.15 Å². The molecule has 0 saturated heterocycles. The highest BCUT2D eigenvalue weighted by Crippen LogP contribution is 2.04. The molecule has 3 aromatic heterocycles. The first-order chi connectivity index (χ1) is 9.81. The Bertz CT molecular complexity index is 652. The van der Waals surface area contributed by atoms with E-state index >= 15 is 0 Å². The van der Waals surface area contributed by atoms with E-state index < -0.39 is 0 Å². The van der Waals surface area contributed by atoms with Crippen LogP contribution in [0.25, 0.3) is 11.2 Å². The van der Waals surface area contributed by atoms with Gasteiger partial charge in [0.05, 0.1) is 6.20 Å². The number of hydrogen-bond acceptors (Lipinski definition) is 8. The van der Waals surface area contributed by atoms with Crippen LogP contribution in [0.15, 0.2) is 31.0 Å². The first-order valence-electron chi connectivity index (χ1n) is 5.08. The molecular weight excluding hydrogens is 300 g/mol. The van der Waals surface area contributed by atoms with E-state index in [1.165, 1.54) is 12.4 Å². The third-order valence-electron chi connectivity index (χ3n) is 1.87. The summed E-state index contributed by atoms with van der Waals surface area (Å²) in [6.07, 6.45) is 8.31. The van der Waals surface area contributed by atoms with Crippen molar-refractivity contribution in [2.24, 2.45) is 0 Å². The van der Waals surface area contributed by atoms with Crippen LogP contribution in [-0.4, -0.2) is 41.9 Å². The minimum Gasteiger partial charge on any atom is -0.412 e. The fraction of sp³-hybridized carbons (Fsp3) is 0. The highest BCUT2D eigenvalue weighted by molar-refractivity contribution is 6.31. The number of hydrogen-bond donors (Lipinski definition) is 3. The van der Waals surface area contributed by atoms with Gasteiger partial charge in [-0.3, -0.25) is 9.89 Å². The minimum atomic E-state index is 0. The molecule has 0 atom stereocenters. The lowest BCUT2D eigenvalue weighted by atomic mass is 10.5. The summed E-state index contributed by atoms with van der Waals surface area (Å²) in [4.78, 5) is 25.2. The quantitative estimate of drug-likeness (QED) is 0.450. The van der Waals surface area contributed by atoms with Crippen molar-refractivity contribution in [1.82, 2.24) is 30.1 Å². The monoisotopic (exact) mass is 312 g/mol. The van der Waals surface area contributed by atoms with Crippen molar-refractivity contribution < 1.29 is 11.7 Å². The summed E-state index contributed by atoms with van der Waals surface area (Å²) in [6.45, 7) is 0. The van der Waals surface area contributed by atoms with Gasteiger partial charge < -0.3 is 5.48 Å². The number of H-pyrrole nitrogens is 1. The third-order valence-corrected chi connectivity index (χ3v) is 2.17. The molecule has 0 amide bonds. The maximum atomic E-state index is 10.0. The number of nitrogens with one attached hydrogen (secondary N) is 3. The Labute approximate surface area is 124 Å². The lowest BCUT2D eigenvalue weighted by Gasteiger charge is -1.88. The summed E-state index contributed by atoms with van der Waals surface area (Å²) in [5.74, 6) is 0. The molecule has 3 rings (SSSR count). The van der Waals surface area contributed by atoms with E-state index in [2.05, 4.69) is 30.1 Å². The second-order valence-electron chi connectivity index (χ2n) is 3.01. The van der Waals surface area contributed by atoms with Gasteiger partial charge >= 0.3 is 0 Å². The van der Waals surface area contributed by atoms with Crippen LogP contribution >= 0.6 is 11.6 Å². The highest BCUT2D eigenvalue weighted by atomic mass is 35.5. The number of carbonyl (C=O) groups excluding carboxylic acids is 1. The zero-order chi connectivity index (χ0) is 14.8. The van der Waals surface area contributed by atoms with E-state index in [1.54, 1.807) is 18.6 Å². The highest BCUT2D eigenvalue weighted by Gasteiger charge is 1.96. The van der Waals surface area contributed by atoms with Gasteiger partial charge in [-0.25, -0.2) is 31.0 Å². The number of carbonyl (C=O) groups is 1. The standard InChI is InChI=1S/C5H3ClN2O.C5H4N4.H2N2.H2O.H2/c6-5-4(3-9)7-1-2-8-5;1-2-7-5-4(6-1)3-8-9-5;1-2;;/h1-3H;1-3H,(H,7,8,9);1-2H;1H2;1H. The van der Waals surface area contributed by atoms with Crippen LogP contribution in [0.5, 0.6) is 0 Å². The fourth-order valence-electron chi connectivity index (χ4n) is 1.09. The molecule has 0 aliphatic rings. The third kappa shape index (κ3) is 5.34. The van der Waals surface area contributed by atoms with Crippen LogP contribution < -0.4 is 0 Å². The number of nitrogens with zero attached hydrogens (tertiary/aromatic N) is 5. The molecule has 5 N–H and O–H groups in total. The Balaban J connectivity index is 0. The van der Waals surface area contributed by atoms with Gasteiger partial charge in [-0.1, -0.05) is 11.6 Å². The van der Waals surface area contributed by atoms with Crippen molar-refractivity contribution in [2.75, 3.05) is 0 Å². The van der Waals surface area contributed by atoms with E-state index in [0.717, 1.165) is 11.2 Å². The van der Waals surface area contributed by atoms with Crippen molar-refractivity contribution in [1.29, 1.82) is 11.1 Å². The van der Waals surface area contributed by atoms with Gasteiger partial charge in [0, 0.05) is 26.2 Å². The molecule has 0 aliphatic heterocycles. The number of fused-ring (bicyclic) bond motifs is 1. The number of aromatic amines is 1. The predicted molar refractivity (Wildman–Crippen MR) is 75.3 cm³/mol. The van der Waals surface area contributed by atoms with Crippen LogP contribution in [0.3, 0.4) is 0 Å². The predicted octanol–water partition coefficient (Wildman–Crippen LogP) is 1.31. The van der Waals surface area contributed by atoms with Gasteiger partial charge in [0.15, 0.2) is 17.1 Å². The molecule has 112 valence electrons. The maximum absolute atomic E-state index is 10.0. The molecule has 0 fully saturated rings. The minimum absolute atomic E-state index is 0. The Kier molecular flexibility index (Phi) is 8.64. The molecule has 0 saturated carbocycles. The maximum Gasteiger partial charge on any atom is 0.174 e. The van der Waals surface area contributed by atoms with Gasteiger partial charge in [0.1, 0.15) is 11.2 Å². The average molecular weight is 313 g/mol. The summed E-state index contributed by atoms with van der Waals surface area (Å²) in [7, 11) is 0. The summed E-state index contributed by atoms with van der Waals surface area (Å²) < 4.78 is 0. The zero-order valence-corrected chi connectivity index (χ0v) is 11.2. The zero-order valence-electron chi connectivity index (χ0n) is 10.5. The van der Waals surface area contributed by atoms with Crippen LogP contribution in [0.1, 0.15) is 11.9 Å². The van der Waals surface area contributed by atoms with E-state index in [4.69, 9.17) is 22.7 Å². The smallest absolute Gasteiger partial charge is 0.174 e. The molecule has 0 bridgehead atoms. The molecule has 21 heavy (non-hydrogen) atoms. The van der Waals surface area contributed by atoms with Crippen LogP contribution in [-0.2, 0) is 0 Å². The lowest BCUT2D eigenvalue weighted by molar-refractivity contribution is 0.111. The first kappa shape index (κ1) is 18.1. The van der Waals surface area contributed by atoms with E-state index in [9.17, 15) is 4.79 Å². The Hall–Kier alpha value is -2.85. The Morgan fingerprint density at radius 1 is 1.10 bits per heavy atom. The van der Waals surface area contributed by atoms with Crippen molar-refractivity contribution in [3.05, 3.63) is 41.8 Å². The molecule has 0 aromatic carbocycles. The summed E-state index contributed by atoms with van der Waals surface area (Å²) in [5, 5.41) is 6.59. The molecule has 11 heteroatoms. The Morgan fingerprint density at radius 3 is 2.29 bits per heavy atom.